The fourth-order valence-electron chi connectivity index (χ4n) is 2.14. The number of sulfonamides is 1. The Morgan fingerprint density at radius 3 is 2.62 bits per heavy atom. The minimum absolute atomic E-state index is 0.00707. The van der Waals surface area contributed by atoms with Crippen LogP contribution in [0.4, 0.5) is 0 Å². The monoisotopic (exact) mass is 395 g/mol. The summed E-state index contributed by atoms with van der Waals surface area (Å²) in [4.78, 5) is 24.9. The Morgan fingerprint density at radius 2 is 1.96 bits per heavy atom. The summed E-state index contributed by atoms with van der Waals surface area (Å²) in [5.41, 5.74) is 0.167. The molecule has 26 heavy (non-hydrogen) atoms. The minimum atomic E-state index is -3.75. The molecule has 0 aliphatic heterocycles. The summed E-state index contributed by atoms with van der Waals surface area (Å²) in [5.74, 6) is -0.818. The Morgan fingerprint density at radius 1 is 1.19 bits per heavy atom. The minimum Gasteiger partial charge on any atom is -0.355 e. The number of amides is 2. The molecule has 0 unspecified atom stereocenters. The van der Waals surface area contributed by atoms with Crippen molar-refractivity contribution in [1.82, 2.24) is 15.4 Å². The fraction of sp³-hybridized carbons (Fsp3) is 0.294. The van der Waals surface area contributed by atoms with Crippen LogP contribution in [-0.4, -0.2) is 32.8 Å². The van der Waals surface area contributed by atoms with Gasteiger partial charge in [0, 0.05) is 23.5 Å². The number of carbonyl (C=O) groups is 2. The van der Waals surface area contributed by atoms with Crippen LogP contribution in [0.1, 0.15) is 29.1 Å². The number of benzene rings is 1. The van der Waals surface area contributed by atoms with Crippen molar-refractivity contribution in [3.8, 4) is 0 Å². The maximum atomic E-state index is 12.4. The van der Waals surface area contributed by atoms with E-state index in [1.165, 1.54) is 35.6 Å². The van der Waals surface area contributed by atoms with Crippen molar-refractivity contribution in [3.63, 3.8) is 0 Å². The Kier molecular flexibility index (Phi) is 6.90. The molecular weight excluding hydrogens is 374 g/mol. The topological polar surface area (TPSA) is 104 Å². The van der Waals surface area contributed by atoms with E-state index in [9.17, 15) is 18.0 Å². The molecule has 3 N–H and O–H groups in total. The molecular formula is C17H21N3O4S2. The van der Waals surface area contributed by atoms with E-state index in [1.54, 1.807) is 13.8 Å². The average molecular weight is 396 g/mol. The van der Waals surface area contributed by atoms with Crippen LogP contribution in [0.15, 0.2) is 46.7 Å². The van der Waals surface area contributed by atoms with E-state index in [0.717, 1.165) is 4.88 Å². The number of carbonyl (C=O) groups excluding carboxylic acids is 2. The largest absolute Gasteiger partial charge is 0.355 e. The molecule has 1 atom stereocenters. The first-order valence-electron chi connectivity index (χ1n) is 8.04. The van der Waals surface area contributed by atoms with Crippen LogP contribution in [0.5, 0.6) is 0 Å². The Hall–Kier alpha value is -2.23. The van der Waals surface area contributed by atoms with Crippen molar-refractivity contribution < 1.29 is 18.0 Å². The molecule has 140 valence electrons. The third kappa shape index (κ3) is 5.38. The van der Waals surface area contributed by atoms with Crippen molar-refractivity contribution >= 4 is 33.2 Å². The van der Waals surface area contributed by atoms with Crippen LogP contribution < -0.4 is 15.4 Å². The van der Waals surface area contributed by atoms with Crippen molar-refractivity contribution in [2.24, 2.45) is 0 Å². The molecule has 0 bridgehead atoms. The molecule has 2 aromatic rings. The molecule has 2 amide bonds. The molecule has 0 saturated heterocycles. The van der Waals surface area contributed by atoms with Gasteiger partial charge in [-0.3, -0.25) is 9.59 Å². The van der Waals surface area contributed by atoms with Gasteiger partial charge in [-0.1, -0.05) is 12.1 Å². The van der Waals surface area contributed by atoms with E-state index in [0.29, 0.717) is 6.54 Å². The highest BCUT2D eigenvalue weighted by Crippen LogP contribution is 2.14. The van der Waals surface area contributed by atoms with Gasteiger partial charge < -0.3 is 10.6 Å². The second kappa shape index (κ2) is 8.93. The quantitative estimate of drug-likeness (QED) is 0.630. The Labute approximate surface area is 156 Å². The molecule has 0 fully saturated rings. The lowest BCUT2D eigenvalue weighted by Crippen LogP contribution is -2.44. The molecule has 0 radical (unpaired) electrons. The van der Waals surface area contributed by atoms with Crippen LogP contribution in [0.3, 0.4) is 0 Å². The lowest BCUT2D eigenvalue weighted by atomic mass is 10.2. The molecule has 0 aliphatic carbocycles. The zero-order valence-electron chi connectivity index (χ0n) is 14.5. The lowest BCUT2D eigenvalue weighted by Gasteiger charge is -2.14. The number of hydrogen-bond donors (Lipinski definition) is 3. The van der Waals surface area contributed by atoms with Gasteiger partial charge in [0.15, 0.2) is 0 Å². The predicted molar refractivity (Wildman–Crippen MR) is 100 cm³/mol. The normalized spacial score (nSPS) is 12.4. The van der Waals surface area contributed by atoms with Crippen molar-refractivity contribution in [2.45, 2.75) is 31.3 Å². The van der Waals surface area contributed by atoms with Gasteiger partial charge in [0.1, 0.15) is 6.04 Å². The molecule has 0 aliphatic rings. The number of rotatable bonds is 8. The highest BCUT2D eigenvalue weighted by molar-refractivity contribution is 7.89. The summed E-state index contributed by atoms with van der Waals surface area (Å²) >= 11 is 1.45. The van der Waals surface area contributed by atoms with Crippen molar-refractivity contribution in [1.29, 1.82) is 0 Å². The van der Waals surface area contributed by atoms with Crippen LogP contribution in [-0.2, 0) is 21.4 Å². The summed E-state index contributed by atoms with van der Waals surface area (Å²) in [6.07, 6.45) is 0. The van der Waals surface area contributed by atoms with Gasteiger partial charge in [-0.05, 0) is 43.5 Å². The maximum Gasteiger partial charge on any atom is 0.251 e. The van der Waals surface area contributed by atoms with Crippen LogP contribution >= 0.6 is 11.3 Å². The van der Waals surface area contributed by atoms with Gasteiger partial charge in [0.05, 0.1) is 4.90 Å². The Balaban J connectivity index is 2.08. The summed E-state index contributed by atoms with van der Waals surface area (Å²) in [6.45, 7) is 3.99. The van der Waals surface area contributed by atoms with Crippen LogP contribution in [0, 0.1) is 0 Å². The molecule has 0 saturated carbocycles. The third-order valence-electron chi connectivity index (χ3n) is 3.51. The summed E-state index contributed by atoms with van der Waals surface area (Å²) in [6, 6.07) is 8.65. The highest BCUT2D eigenvalue weighted by atomic mass is 32.2. The third-order valence-corrected chi connectivity index (χ3v) is 5.79. The first-order valence-corrected chi connectivity index (χ1v) is 10.4. The smallest absolute Gasteiger partial charge is 0.251 e. The zero-order valence-corrected chi connectivity index (χ0v) is 16.1. The van der Waals surface area contributed by atoms with Gasteiger partial charge in [-0.25, -0.2) is 13.1 Å². The standard InChI is InChI=1S/C17H21N3O4S2/c1-3-18-16(21)12(2)20-17(22)13-6-4-8-15(10-13)26(23,24)19-11-14-7-5-9-25-14/h4-10,12,19H,3,11H2,1-2H3,(H,18,21)(H,20,22)/t12-/m0/s1. The van der Waals surface area contributed by atoms with Gasteiger partial charge in [0.25, 0.3) is 5.91 Å². The summed E-state index contributed by atoms with van der Waals surface area (Å²) < 4.78 is 27.3. The number of thiophene rings is 1. The second-order valence-electron chi connectivity index (χ2n) is 5.52. The zero-order chi connectivity index (χ0) is 19.2. The van der Waals surface area contributed by atoms with Crippen molar-refractivity contribution in [3.05, 3.63) is 52.2 Å². The van der Waals surface area contributed by atoms with Gasteiger partial charge in [-0.15, -0.1) is 11.3 Å². The molecule has 1 aromatic carbocycles. The second-order valence-corrected chi connectivity index (χ2v) is 8.32. The first-order chi connectivity index (χ1) is 12.3. The number of nitrogens with one attached hydrogen (secondary N) is 3. The van der Waals surface area contributed by atoms with E-state index in [4.69, 9.17) is 0 Å². The van der Waals surface area contributed by atoms with E-state index in [1.807, 2.05) is 17.5 Å². The van der Waals surface area contributed by atoms with Gasteiger partial charge in [-0.2, -0.15) is 0 Å². The molecule has 2 rings (SSSR count). The molecule has 7 nitrogen and oxygen atoms in total. The maximum absolute atomic E-state index is 12.4. The molecule has 0 spiro atoms. The van der Waals surface area contributed by atoms with Crippen molar-refractivity contribution in [2.75, 3.05) is 6.54 Å². The van der Waals surface area contributed by atoms with Crippen LogP contribution in [0.25, 0.3) is 0 Å². The van der Waals surface area contributed by atoms with Gasteiger partial charge >= 0.3 is 0 Å². The molecule has 9 heteroatoms. The number of likely N-dealkylation sites (N-methyl/N-ethyl adjacent to an activating group) is 1. The van der Waals surface area contributed by atoms with E-state index >= 15 is 0 Å². The van der Waals surface area contributed by atoms with E-state index < -0.39 is 22.0 Å². The highest BCUT2D eigenvalue weighted by Gasteiger charge is 2.19. The SMILES string of the molecule is CCNC(=O)[C@H](C)NC(=O)c1cccc(S(=O)(=O)NCc2cccs2)c1. The lowest BCUT2D eigenvalue weighted by molar-refractivity contribution is -0.122. The first kappa shape index (κ1) is 20.1. The Bertz CT molecular complexity index is 864. The molecule has 1 aromatic heterocycles. The van der Waals surface area contributed by atoms with E-state index in [-0.39, 0.29) is 22.9 Å². The van der Waals surface area contributed by atoms with Crippen LogP contribution in [0.2, 0.25) is 0 Å². The van der Waals surface area contributed by atoms with Gasteiger partial charge in [0.2, 0.25) is 15.9 Å². The summed E-state index contributed by atoms with van der Waals surface area (Å²) in [7, 11) is -3.75. The predicted octanol–water partition coefficient (Wildman–Crippen LogP) is 1.48. The average Bonchev–Trinajstić information content (AvgIpc) is 3.14. The van der Waals surface area contributed by atoms with E-state index in [2.05, 4.69) is 15.4 Å². The molecule has 1 heterocycles. The number of hydrogen-bond acceptors (Lipinski definition) is 5. The summed E-state index contributed by atoms with van der Waals surface area (Å²) in [5, 5.41) is 7.02. The fourth-order valence-corrected chi connectivity index (χ4v) is 3.93.